The van der Waals surface area contributed by atoms with Crippen LogP contribution in [-0.4, -0.2) is 42.8 Å². The Balaban J connectivity index is 1.69. The fourth-order valence-electron chi connectivity index (χ4n) is 3.21. The molecule has 0 radical (unpaired) electrons. The first-order valence-corrected chi connectivity index (χ1v) is 7.85. The lowest BCUT2D eigenvalue weighted by molar-refractivity contribution is 0.122. The van der Waals surface area contributed by atoms with Crippen LogP contribution >= 0.6 is 0 Å². The summed E-state index contributed by atoms with van der Waals surface area (Å²) in [6.07, 6.45) is 1.08. The number of para-hydroxylation sites is 1. The van der Waals surface area contributed by atoms with Crippen LogP contribution in [0.4, 0.5) is 17.3 Å². The molecule has 0 unspecified atom stereocenters. The molecule has 0 spiro atoms. The summed E-state index contributed by atoms with van der Waals surface area (Å²) < 4.78 is 5.43. The Morgan fingerprint density at radius 3 is 2.64 bits per heavy atom. The standard InChI is InChI=1S/C17H20N4O/c1-13-18-16(20-8-10-22-11-9-20)12-17(19-13)21-7-6-14-4-2-3-5-15(14)21/h2-5,12H,6-11H2,1H3. The van der Waals surface area contributed by atoms with Crippen molar-refractivity contribution in [1.29, 1.82) is 0 Å². The van der Waals surface area contributed by atoms with Gasteiger partial charge in [0.05, 0.1) is 13.2 Å². The minimum atomic E-state index is 0.769. The van der Waals surface area contributed by atoms with Crippen molar-refractivity contribution in [3.8, 4) is 0 Å². The van der Waals surface area contributed by atoms with Crippen molar-refractivity contribution in [1.82, 2.24) is 9.97 Å². The first-order valence-electron chi connectivity index (χ1n) is 7.85. The fourth-order valence-corrected chi connectivity index (χ4v) is 3.21. The van der Waals surface area contributed by atoms with Gasteiger partial charge in [-0.2, -0.15) is 0 Å². The molecular weight excluding hydrogens is 276 g/mol. The highest BCUT2D eigenvalue weighted by Gasteiger charge is 2.22. The second-order valence-corrected chi connectivity index (χ2v) is 5.76. The van der Waals surface area contributed by atoms with E-state index in [0.29, 0.717) is 0 Å². The summed E-state index contributed by atoms with van der Waals surface area (Å²) in [4.78, 5) is 13.9. The maximum atomic E-state index is 5.43. The predicted molar refractivity (Wildman–Crippen MR) is 87.0 cm³/mol. The van der Waals surface area contributed by atoms with E-state index in [2.05, 4.69) is 50.1 Å². The second-order valence-electron chi connectivity index (χ2n) is 5.76. The Morgan fingerprint density at radius 1 is 1.00 bits per heavy atom. The third kappa shape index (κ3) is 2.41. The summed E-state index contributed by atoms with van der Waals surface area (Å²) in [5, 5.41) is 0. The number of aromatic nitrogens is 2. The summed E-state index contributed by atoms with van der Waals surface area (Å²) in [5.41, 5.74) is 2.67. The fraction of sp³-hybridized carbons (Fsp3) is 0.412. The van der Waals surface area contributed by atoms with Crippen molar-refractivity contribution in [2.24, 2.45) is 0 Å². The van der Waals surface area contributed by atoms with E-state index in [-0.39, 0.29) is 0 Å². The number of hydrogen-bond acceptors (Lipinski definition) is 5. The van der Waals surface area contributed by atoms with Crippen LogP contribution in [0.1, 0.15) is 11.4 Å². The molecule has 5 nitrogen and oxygen atoms in total. The zero-order chi connectivity index (χ0) is 14.9. The van der Waals surface area contributed by atoms with Gasteiger partial charge in [-0.3, -0.25) is 0 Å². The number of ether oxygens (including phenoxy) is 1. The molecule has 0 bridgehead atoms. The summed E-state index contributed by atoms with van der Waals surface area (Å²) >= 11 is 0. The number of hydrogen-bond donors (Lipinski definition) is 0. The quantitative estimate of drug-likeness (QED) is 0.850. The monoisotopic (exact) mass is 296 g/mol. The lowest BCUT2D eigenvalue weighted by Crippen LogP contribution is -2.37. The van der Waals surface area contributed by atoms with E-state index in [1.54, 1.807) is 0 Å². The average Bonchev–Trinajstić information content (AvgIpc) is 2.99. The number of fused-ring (bicyclic) bond motifs is 1. The topological polar surface area (TPSA) is 41.5 Å². The summed E-state index contributed by atoms with van der Waals surface area (Å²) in [7, 11) is 0. The molecule has 2 aliphatic rings. The van der Waals surface area contributed by atoms with Crippen LogP contribution in [0.3, 0.4) is 0 Å². The number of rotatable bonds is 2. The molecule has 0 atom stereocenters. The Hall–Kier alpha value is -2.14. The van der Waals surface area contributed by atoms with Crippen molar-refractivity contribution in [3.63, 3.8) is 0 Å². The molecule has 114 valence electrons. The second kappa shape index (κ2) is 5.57. The van der Waals surface area contributed by atoms with Crippen LogP contribution in [0.25, 0.3) is 0 Å². The summed E-state index contributed by atoms with van der Waals surface area (Å²) in [6, 6.07) is 10.7. The SMILES string of the molecule is Cc1nc(N2CCOCC2)cc(N2CCc3ccccc32)n1. The van der Waals surface area contributed by atoms with Crippen LogP contribution < -0.4 is 9.80 Å². The van der Waals surface area contributed by atoms with Gasteiger partial charge in [0, 0.05) is 31.4 Å². The van der Waals surface area contributed by atoms with Crippen LogP contribution in [0, 0.1) is 6.92 Å². The minimum Gasteiger partial charge on any atom is -0.378 e. The molecule has 1 saturated heterocycles. The molecule has 5 heteroatoms. The molecule has 1 fully saturated rings. The van der Waals surface area contributed by atoms with Gasteiger partial charge in [-0.15, -0.1) is 0 Å². The van der Waals surface area contributed by atoms with Crippen molar-refractivity contribution in [2.45, 2.75) is 13.3 Å². The lowest BCUT2D eigenvalue weighted by atomic mass is 10.2. The first-order chi connectivity index (χ1) is 10.8. The van der Waals surface area contributed by atoms with E-state index in [1.807, 2.05) is 6.92 Å². The Labute approximate surface area is 130 Å². The molecule has 22 heavy (non-hydrogen) atoms. The molecular formula is C17H20N4O. The largest absolute Gasteiger partial charge is 0.378 e. The Morgan fingerprint density at radius 2 is 1.77 bits per heavy atom. The van der Waals surface area contributed by atoms with Gasteiger partial charge in [-0.05, 0) is 25.0 Å². The van der Waals surface area contributed by atoms with Crippen molar-refractivity contribution in [2.75, 3.05) is 42.6 Å². The Kier molecular flexibility index (Phi) is 3.42. The van der Waals surface area contributed by atoms with Gasteiger partial charge < -0.3 is 14.5 Å². The van der Waals surface area contributed by atoms with Gasteiger partial charge in [-0.1, -0.05) is 18.2 Å². The number of morpholine rings is 1. The van der Waals surface area contributed by atoms with Gasteiger partial charge in [0.2, 0.25) is 0 Å². The minimum absolute atomic E-state index is 0.769. The van der Waals surface area contributed by atoms with E-state index in [9.17, 15) is 0 Å². The van der Waals surface area contributed by atoms with Crippen molar-refractivity contribution < 1.29 is 4.74 Å². The van der Waals surface area contributed by atoms with Crippen LogP contribution in [0.5, 0.6) is 0 Å². The smallest absolute Gasteiger partial charge is 0.138 e. The predicted octanol–water partition coefficient (Wildman–Crippen LogP) is 2.32. The molecule has 1 aromatic carbocycles. The molecule has 0 amide bonds. The molecule has 0 saturated carbocycles. The van der Waals surface area contributed by atoms with Gasteiger partial charge in [0.1, 0.15) is 17.5 Å². The first kappa shape index (κ1) is 13.5. The molecule has 3 heterocycles. The van der Waals surface area contributed by atoms with Gasteiger partial charge in [0.15, 0.2) is 0 Å². The molecule has 0 aliphatic carbocycles. The van der Waals surface area contributed by atoms with Gasteiger partial charge >= 0.3 is 0 Å². The number of benzene rings is 1. The number of nitrogens with zero attached hydrogens (tertiary/aromatic N) is 4. The van der Waals surface area contributed by atoms with Crippen LogP contribution in [0.2, 0.25) is 0 Å². The van der Waals surface area contributed by atoms with E-state index >= 15 is 0 Å². The van der Waals surface area contributed by atoms with E-state index in [0.717, 1.165) is 56.7 Å². The molecule has 0 N–H and O–H groups in total. The zero-order valence-corrected chi connectivity index (χ0v) is 12.8. The molecule has 2 aliphatic heterocycles. The summed E-state index contributed by atoms with van der Waals surface area (Å²) in [6.45, 7) is 6.28. The maximum Gasteiger partial charge on any atom is 0.138 e. The number of aryl methyl sites for hydroxylation is 1. The van der Waals surface area contributed by atoms with Crippen LogP contribution in [-0.2, 0) is 11.2 Å². The molecule has 2 aromatic rings. The normalized spacial score (nSPS) is 17.7. The highest BCUT2D eigenvalue weighted by molar-refractivity contribution is 5.69. The number of anilines is 3. The Bertz CT molecular complexity index is 682. The van der Waals surface area contributed by atoms with Gasteiger partial charge in [-0.25, -0.2) is 9.97 Å². The summed E-state index contributed by atoms with van der Waals surface area (Å²) in [5.74, 6) is 2.83. The molecule has 1 aromatic heterocycles. The third-order valence-corrected chi connectivity index (χ3v) is 4.31. The van der Waals surface area contributed by atoms with E-state index in [1.165, 1.54) is 11.3 Å². The van der Waals surface area contributed by atoms with Crippen LogP contribution in [0.15, 0.2) is 30.3 Å². The highest BCUT2D eigenvalue weighted by atomic mass is 16.5. The third-order valence-electron chi connectivity index (χ3n) is 4.31. The average molecular weight is 296 g/mol. The van der Waals surface area contributed by atoms with Gasteiger partial charge in [0.25, 0.3) is 0 Å². The van der Waals surface area contributed by atoms with E-state index < -0.39 is 0 Å². The lowest BCUT2D eigenvalue weighted by Gasteiger charge is -2.29. The molecule has 4 rings (SSSR count). The van der Waals surface area contributed by atoms with Crippen molar-refractivity contribution >= 4 is 17.3 Å². The maximum absolute atomic E-state index is 5.43. The van der Waals surface area contributed by atoms with Crippen molar-refractivity contribution in [3.05, 3.63) is 41.7 Å². The highest BCUT2D eigenvalue weighted by Crippen LogP contribution is 2.34. The van der Waals surface area contributed by atoms with E-state index in [4.69, 9.17) is 4.74 Å². The zero-order valence-electron chi connectivity index (χ0n) is 12.8.